The lowest BCUT2D eigenvalue weighted by molar-refractivity contribution is 0.0993. The lowest BCUT2D eigenvalue weighted by atomic mass is 10.0. The number of amides is 1. The van der Waals surface area contributed by atoms with E-state index in [0.717, 1.165) is 22.3 Å². The third kappa shape index (κ3) is 4.56. The predicted octanol–water partition coefficient (Wildman–Crippen LogP) is 6.45. The van der Waals surface area contributed by atoms with E-state index in [1.807, 2.05) is 36.0 Å². The van der Waals surface area contributed by atoms with Gasteiger partial charge in [0.15, 0.2) is 11.5 Å². The maximum Gasteiger partial charge on any atom is 0.291 e. The van der Waals surface area contributed by atoms with Crippen molar-refractivity contribution in [3.8, 4) is 0 Å². The number of furan rings is 1. The van der Waals surface area contributed by atoms with E-state index in [0.29, 0.717) is 22.3 Å². The van der Waals surface area contributed by atoms with Gasteiger partial charge in [-0.15, -0.1) is 0 Å². The summed E-state index contributed by atoms with van der Waals surface area (Å²) in [5.41, 5.74) is 2.85. The Morgan fingerprint density at radius 2 is 1.86 bits per heavy atom. The van der Waals surface area contributed by atoms with Crippen LogP contribution in [0.2, 0.25) is 0 Å². The molecule has 1 heterocycles. The highest BCUT2D eigenvalue weighted by Gasteiger charge is 2.22. The maximum atomic E-state index is 13.0. The fourth-order valence-electron chi connectivity index (χ4n) is 3.86. The average Bonchev–Trinajstić information content (AvgIpc) is 3.12. The van der Waals surface area contributed by atoms with E-state index in [1.165, 1.54) is 39.0 Å². The summed E-state index contributed by atoms with van der Waals surface area (Å²) in [6.45, 7) is 1.51. The molecular formula is C24H25NO3S. The normalized spacial score (nSPS) is 14.8. The maximum absolute atomic E-state index is 13.0. The largest absolute Gasteiger partial charge is 0.451 e. The second kappa shape index (κ2) is 8.87. The van der Waals surface area contributed by atoms with E-state index in [9.17, 15) is 9.59 Å². The molecule has 1 aliphatic carbocycles. The molecule has 0 unspecified atom stereocenters. The topological polar surface area (TPSA) is 59.3 Å². The summed E-state index contributed by atoms with van der Waals surface area (Å²) >= 11 is 1.93. The van der Waals surface area contributed by atoms with Gasteiger partial charge in [0.05, 0.1) is 0 Å². The van der Waals surface area contributed by atoms with Crippen LogP contribution in [0.4, 0.5) is 5.69 Å². The van der Waals surface area contributed by atoms with Crippen LogP contribution in [0.3, 0.4) is 0 Å². The Hall–Kier alpha value is -2.53. The Balaban J connectivity index is 1.59. The van der Waals surface area contributed by atoms with Crippen molar-refractivity contribution in [2.45, 2.75) is 50.0 Å². The van der Waals surface area contributed by atoms with Gasteiger partial charge < -0.3 is 9.73 Å². The number of Topliss-reactive ketones (excluding diaryl/α,β-unsaturated/α-hetero) is 1. The molecular weight excluding hydrogens is 382 g/mol. The van der Waals surface area contributed by atoms with Crippen LogP contribution >= 0.6 is 11.8 Å². The third-order valence-corrected chi connectivity index (χ3v) is 6.85. The van der Waals surface area contributed by atoms with Crippen LogP contribution in [0.15, 0.2) is 52.9 Å². The standard InChI is InChI=1S/C24H25NO3S/c1-16(26)17-8-7-9-18(14-17)25-24(27)23-21(15-29-19-10-3-2-4-11-19)20-12-5-6-13-22(20)28-23/h5-9,12-14,19H,2-4,10-11,15H2,1H3,(H,25,27). The quantitative estimate of drug-likeness (QED) is 0.477. The minimum absolute atomic E-state index is 0.0330. The Bertz CT molecular complexity index is 1030. The van der Waals surface area contributed by atoms with Crippen LogP contribution in [-0.4, -0.2) is 16.9 Å². The molecule has 2 aromatic carbocycles. The molecule has 1 amide bonds. The smallest absolute Gasteiger partial charge is 0.291 e. The van der Waals surface area contributed by atoms with E-state index in [1.54, 1.807) is 24.3 Å². The molecule has 0 spiro atoms. The van der Waals surface area contributed by atoms with Crippen molar-refractivity contribution in [1.29, 1.82) is 0 Å². The van der Waals surface area contributed by atoms with Crippen LogP contribution < -0.4 is 5.32 Å². The van der Waals surface area contributed by atoms with Gasteiger partial charge in [-0.05, 0) is 38.0 Å². The summed E-state index contributed by atoms with van der Waals surface area (Å²) in [4.78, 5) is 24.7. The minimum atomic E-state index is -0.277. The molecule has 4 nitrogen and oxygen atoms in total. The molecule has 0 atom stereocenters. The first-order chi connectivity index (χ1) is 14.1. The monoisotopic (exact) mass is 407 g/mol. The molecule has 1 aliphatic rings. The van der Waals surface area contributed by atoms with Crippen LogP contribution in [0, 0.1) is 0 Å². The molecule has 1 aromatic heterocycles. The number of fused-ring (bicyclic) bond motifs is 1. The fourth-order valence-corrected chi connectivity index (χ4v) is 5.22. The molecule has 1 N–H and O–H groups in total. The molecule has 1 saturated carbocycles. The number of carbonyl (C=O) groups is 2. The second-order valence-electron chi connectivity index (χ2n) is 7.57. The zero-order valence-electron chi connectivity index (χ0n) is 16.6. The van der Waals surface area contributed by atoms with E-state index < -0.39 is 0 Å². The van der Waals surface area contributed by atoms with E-state index >= 15 is 0 Å². The van der Waals surface area contributed by atoms with Crippen molar-refractivity contribution in [2.24, 2.45) is 0 Å². The van der Waals surface area contributed by atoms with E-state index in [2.05, 4.69) is 5.32 Å². The molecule has 1 fully saturated rings. The van der Waals surface area contributed by atoms with E-state index in [-0.39, 0.29) is 11.7 Å². The molecule has 150 valence electrons. The van der Waals surface area contributed by atoms with Gasteiger partial charge in [0.2, 0.25) is 0 Å². The van der Waals surface area contributed by atoms with Crippen LogP contribution in [0.25, 0.3) is 11.0 Å². The highest BCUT2D eigenvalue weighted by Crippen LogP contribution is 2.35. The van der Waals surface area contributed by atoms with Gasteiger partial charge in [0, 0.05) is 33.2 Å². The molecule has 0 radical (unpaired) electrons. The van der Waals surface area contributed by atoms with Crippen LogP contribution in [0.5, 0.6) is 0 Å². The van der Waals surface area contributed by atoms with Crippen molar-refractivity contribution in [2.75, 3.05) is 5.32 Å². The summed E-state index contributed by atoms with van der Waals surface area (Å²) in [6.07, 6.45) is 6.42. The van der Waals surface area contributed by atoms with Crippen LogP contribution in [0.1, 0.15) is 65.5 Å². The number of thioether (sulfide) groups is 1. The lowest BCUT2D eigenvalue weighted by Crippen LogP contribution is -2.14. The number of carbonyl (C=O) groups excluding carboxylic acids is 2. The first-order valence-corrected chi connectivity index (χ1v) is 11.2. The number of benzene rings is 2. The van der Waals surface area contributed by atoms with Gasteiger partial charge >= 0.3 is 0 Å². The van der Waals surface area contributed by atoms with Crippen molar-refractivity contribution in [1.82, 2.24) is 0 Å². The van der Waals surface area contributed by atoms with Gasteiger partial charge in [-0.1, -0.05) is 49.6 Å². The minimum Gasteiger partial charge on any atom is -0.451 e. The van der Waals surface area contributed by atoms with Crippen LogP contribution in [-0.2, 0) is 5.75 Å². The average molecular weight is 408 g/mol. The molecule has 29 heavy (non-hydrogen) atoms. The van der Waals surface area contributed by atoms with Gasteiger partial charge in [-0.2, -0.15) is 11.8 Å². The van der Waals surface area contributed by atoms with Gasteiger partial charge in [0.1, 0.15) is 5.58 Å². The summed E-state index contributed by atoms with van der Waals surface area (Å²) in [5.74, 6) is 0.816. The van der Waals surface area contributed by atoms with Gasteiger partial charge in [-0.25, -0.2) is 0 Å². The molecule has 5 heteroatoms. The number of hydrogen-bond acceptors (Lipinski definition) is 4. The number of ketones is 1. The van der Waals surface area contributed by atoms with Crippen molar-refractivity contribution >= 4 is 40.1 Å². The fraction of sp³-hybridized carbons (Fsp3) is 0.333. The first-order valence-electron chi connectivity index (χ1n) is 10.2. The number of nitrogens with one attached hydrogen (secondary N) is 1. The SMILES string of the molecule is CC(=O)c1cccc(NC(=O)c2oc3ccccc3c2CSC2CCCCC2)c1. The molecule has 4 rings (SSSR count). The zero-order valence-corrected chi connectivity index (χ0v) is 17.4. The Morgan fingerprint density at radius 1 is 1.07 bits per heavy atom. The first kappa shape index (κ1) is 19.8. The highest BCUT2D eigenvalue weighted by molar-refractivity contribution is 7.99. The second-order valence-corrected chi connectivity index (χ2v) is 8.86. The van der Waals surface area contributed by atoms with Crippen molar-refractivity contribution in [3.05, 3.63) is 65.4 Å². The lowest BCUT2D eigenvalue weighted by Gasteiger charge is -2.20. The van der Waals surface area contributed by atoms with Crippen molar-refractivity contribution in [3.63, 3.8) is 0 Å². The molecule has 0 bridgehead atoms. The third-order valence-electron chi connectivity index (χ3n) is 5.45. The number of hydrogen-bond donors (Lipinski definition) is 1. The van der Waals surface area contributed by atoms with E-state index in [4.69, 9.17) is 4.42 Å². The number of para-hydroxylation sites is 1. The summed E-state index contributed by atoms with van der Waals surface area (Å²) < 4.78 is 5.96. The van der Waals surface area contributed by atoms with Crippen molar-refractivity contribution < 1.29 is 14.0 Å². The summed E-state index contributed by atoms with van der Waals surface area (Å²) in [5, 5.41) is 4.55. The molecule has 0 aliphatic heterocycles. The predicted molar refractivity (Wildman–Crippen MR) is 119 cm³/mol. The summed E-state index contributed by atoms with van der Waals surface area (Å²) in [6, 6.07) is 14.8. The Labute approximate surface area is 175 Å². The Kier molecular flexibility index (Phi) is 6.05. The van der Waals surface area contributed by atoms with Gasteiger partial charge in [-0.3, -0.25) is 9.59 Å². The number of rotatable bonds is 6. The number of anilines is 1. The highest BCUT2D eigenvalue weighted by atomic mass is 32.2. The summed E-state index contributed by atoms with van der Waals surface area (Å²) in [7, 11) is 0. The Morgan fingerprint density at radius 3 is 2.66 bits per heavy atom. The molecule has 3 aromatic rings. The zero-order chi connectivity index (χ0) is 20.2. The van der Waals surface area contributed by atoms with Gasteiger partial charge in [0.25, 0.3) is 5.91 Å². The molecule has 0 saturated heterocycles.